The Hall–Kier alpha value is -1.31. The van der Waals surface area contributed by atoms with Crippen molar-refractivity contribution in [2.75, 3.05) is 7.11 Å². The molecule has 0 spiro atoms. The number of rotatable bonds is 3. The standard InChI is InChI=1S/C11H15NO/c1-9(2)12-8-10-4-6-11(13-3)7-5-10/h4-9H,1-3H3. The summed E-state index contributed by atoms with van der Waals surface area (Å²) >= 11 is 0. The summed E-state index contributed by atoms with van der Waals surface area (Å²) in [6, 6.07) is 8.20. The predicted octanol–water partition coefficient (Wildman–Crippen LogP) is 2.52. The lowest BCUT2D eigenvalue weighted by Crippen LogP contribution is -1.90. The zero-order valence-corrected chi connectivity index (χ0v) is 8.32. The van der Waals surface area contributed by atoms with E-state index in [9.17, 15) is 0 Å². The van der Waals surface area contributed by atoms with Crippen LogP contribution in [0.25, 0.3) is 0 Å². The van der Waals surface area contributed by atoms with Gasteiger partial charge in [-0.15, -0.1) is 0 Å². The van der Waals surface area contributed by atoms with Crippen LogP contribution in [0.5, 0.6) is 5.75 Å². The molecule has 0 radical (unpaired) electrons. The summed E-state index contributed by atoms with van der Waals surface area (Å²) in [7, 11) is 1.66. The summed E-state index contributed by atoms with van der Waals surface area (Å²) in [6.07, 6.45) is 1.88. The van der Waals surface area contributed by atoms with Gasteiger partial charge in [-0.1, -0.05) is 0 Å². The normalized spacial score (nSPS) is 11.1. The molecule has 13 heavy (non-hydrogen) atoms. The summed E-state index contributed by atoms with van der Waals surface area (Å²) in [6.45, 7) is 4.11. The molecule has 0 aliphatic carbocycles. The fraction of sp³-hybridized carbons (Fsp3) is 0.364. The van der Waals surface area contributed by atoms with E-state index in [0.29, 0.717) is 6.04 Å². The molecule has 0 saturated carbocycles. The lowest BCUT2D eigenvalue weighted by Gasteiger charge is -1.99. The average Bonchev–Trinajstić information content (AvgIpc) is 2.15. The molecule has 0 aliphatic rings. The molecule has 0 bridgehead atoms. The van der Waals surface area contributed by atoms with Crippen molar-refractivity contribution in [3.63, 3.8) is 0 Å². The van der Waals surface area contributed by atoms with Crippen molar-refractivity contribution in [3.8, 4) is 5.75 Å². The maximum Gasteiger partial charge on any atom is 0.118 e. The van der Waals surface area contributed by atoms with Crippen LogP contribution in [0, 0.1) is 0 Å². The highest BCUT2D eigenvalue weighted by Crippen LogP contribution is 2.09. The van der Waals surface area contributed by atoms with Crippen molar-refractivity contribution >= 4 is 6.21 Å². The Morgan fingerprint density at radius 3 is 2.31 bits per heavy atom. The predicted molar refractivity (Wildman–Crippen MR) is 55.7 cm³/mol. The molecule has 0 heterocycles. The molecule has 2 nitrogen and oxygen atoms in total. The molecule has 0 saturated heterocycles. The SMILES string of the molecule is COc1ccc(C=NC(C)C)cc1. The fourth-order valence-electron chi connectivity index (χ4n) is 0.925. The van der Waals surface area contributed by atoms with Crippen molar-refractivity contribution < 1.29 is 4.74 Å². The molecular formula is C11H15NO. The minimum absolute atomic E-state index is 0.349. The first-order chi connectivity index (χ1) is 6.22. The second kappa shape index (κ2) is 4.65. The molecule has 1 aromatic rings. The van der Waals surface area contributed by atoms with Gasteiger partial charge in [0.25, 0.3) is 0 Å². The third-order valence-electron chi connectivity index (χ3n) is 1.64. The van der Waals surface area contributed by atoms with Gasteiger partial charge in [-0.05, 0) is 43.7 Å². The largest absolute Gasteiger partial charge is 0.497 e. The lowest BCUT2D eigenvalue weighted by molar-refractivity contribution is 0.415. The van der Waals surface area contributed by atoms with Crippen LogP contribution < -0.4 is 4.74 Å². The van der Waals surface area contributed by atoms with Gasteiger partial charge >= 0.3 is 0 Å². The number of benzene rings is 1. The van der Waals surface area contributed by atoms with Gasteiger partial charge in [0, 0.05) is 12.3 Å². The second-order valence-electron chi connectivity index (χ2n) is 3.15. The molecule has 0 aliphatic heterocycles. The van der Waals surface area contributed by atoms with E-state index < -0.39 is 0 Å². The summed E-state index contributed by atoms with van der Waals surface area (Å²) in [4.78, 5) is 4.28. The average molecular weight is 177 g/mol. The molecule has 0 N–H and O–H groups in total. The Bertz CT molecular complexity index is 275. The van der Waals surface area contributed by atoms with E-state index in [1.165, 1.54) is 0 Å². The topological polar surface area (TPSA) is 21.6 Å². The van der Waals surface area contributed by atoms with Gasteiger partial charge in [0.1, 0.15) is 5.75 Å². The van der Waals surface area contributed by atoms with Gasteiger partial charge in [-0.2, -0.15) is 0 Å². The van der Waals surface area contributed by atoms with E-state index in [1.807, 2.05) is 30.5 Å². The Balaban J connectivity index is 2.69. The Labute approximate surface area is 79.3 Å². The first kappa shape index (κ1) is 9.78. The number of nitrogens with zero attached hydrogens (tertiary/aromatic N) is 1. The molecule has 0 atom stereocenters. The Morgan fingerprint density at radius 1 is 1.23 bits per heavy atom. The van der Waals surface area contributed by atoms with Gasteiger partial charge in [0.15, 0.2) is 0 Å². The summed E-state index contributed by atoms with van der Waals surface area (Å²) in [5, 5.41) is 0. The van der Waals surface area contributed by atoms with Gasteiger partial charge in [0.2, 0.25) is 0 Å². The number of hydrogen-bond acceptors (Lipinski definition) is 2. The minimum Gasteiger partial charge on any atom is -0.497 e. The number of methoxy groups -OCH3 is 1. The first-order valence-electron chi connectivity index (χ1n) is 4.39. The minimum atomic E-state index is 0.349. The molecule has 70 valence electrons. The van der Waals surface area contributed by atoms with E-state index in [4.69, 9.17) is 4.74 Å². The van der Waals surface area contributed by atoms with Crippen molar-refractivity contribution in [1.82, 2.24) is 0 Å². The van der Waals surface area contributed by atoms with E-state index >= 15 is 0 Å². The maximum atomic E-state index is 5.05. The highest BCUT2D eigenvalue weighted by molar-refractivity contribution is 5.79. The highest BCUT2D eigenvalue weighted by atomic mass is 16.5. The first-order valence-corrected chi connectivity index (χ1v) is 4.39. The number of ether oxygens (including phenoxy) is 1. The monoisotopic (exact) mass is 177 g/mol. The number of hydrogen-bond donors (Lipinski definition) is 0. The van der Waals surface area contributed by atoms with E-state index in [2.05, 4.69) is 18.8 Å². The van der Waals surface area contributed by atoms with Crippen LogP contribution in [-0.2, 0) is 0 Å². The lowest BCUT2D eigenvalue weighted by atomic mass is 10.2. The van der Waals surface area contributed by atoms with Gasteiger partial charge in [-0.25, -0.2) is 0 Å². The third-order valence-corrected chi connectivity index (χ3v) is 1.64. The van der Waals surface area contributed by atoms with Crippen LogP contribution in [0.3, 0.4) is 0 Å². The maximum absolute atomic E-state index is 5.05. The number of aliphatic imine (C=N–C) groups is 1. The summed E-state index contributed by atoms with van der Waals surface area (Å²) in [5.41, 5.74) is 1.11. The summed E-state index contributed by atoms with van der Waals surface area (Å²) < 4.78 is 5.05. The van der Waals surface area contributed by atoms with Gasteiger partial charge in [0.05, 0.1) is 7.11 Å². The van der Waals surface area contributed by atoms with Crippen molar-refractivity contribution in [3.05, 3.63) is 29.8 Å². The van der Waals surface area contributed by atoms with E-state index in [-0.39, 0.29) is 0 Å². The Kier molecular flexibility index (Phi) is 3.50. The molecule has 0 aromatic heterocycles. The molecule has 1 rings (SSSR count). The molecule has 0 unspecified atom stereocenters. The third kappa shape index (κ3) is 3.28. The molecule has 0 fully saturated rings. The smallest absolute Gasteiger partial charge is 0.118 e. The van der Waals surface area contributed by atoms with Gasteiger partial charge in [-0.3, -0.25) is 4.99 Å². The fourth-order valence-corrected chi connectivity index (χ4v) is 0.925. The molecule has 0 amide bonds. The van der Waals surface area contributed by atoms with Crippen LogP contribution >= 0.6 is 0 Å². The van der Waals surface area contributed by atoms with Gasteiger partial charge < -0.3 is 4.74 Å². The van der Waals surface area contributed by atoms with Crippen LogP contribution in [0.15, 0.2) is 29.3 Å². The van der Waals surface area contributed by atoms with Crippen LogP contribution in [0.1, 0.15) is 19.4 Å². The van der Waals surface area contributed by atoms with Crippen molar-refractivity contribution in [2.24, 2.45) is 4.99 Å². The zero-order chi connectivity index (χ0) is 9.68. The van der Waals surface area contributed by atoms with Crippen LogP contribution in [0.2, 0.25) is 0 Å². The molecular weight excluding hydrogens is 162 g/mol. The van der Waals surface area contributed by atoms with Crippen molar-refractivity contribution in [1.29, 1.82) is 0 Å². The second-order valence-corrected chi connectivity index (χ2v) is 3.15. The zero-order valence-electron chi connectivity index (χ0n) is 8.32. The van der Waals surface area contributed by atoms with E-state index in [0.717, 1.165) is 11.3 Å². The molecule has 2 heteroatoms. The van der Waals surface area contributed by atoms with Crippen LogP contribution in [-0.4, -0.2) is 19.4 Å². The summed E-state index contributed by atoms with van der Waals surface area (Å²) in [5.74, 6) is 0.877. The molecule has 1 aromatic carbocycles. The Morgan fingerprint density at radius 2 is 1.85 bits per heavy atom. The van der Waals surface area contributed by atoms with E-state index in [1.54, 1.807) is 7.11 Å². The quantitative estimate of drug-likeness (QED) is 0.650. The van der Waals surface area contributed by atoms with Crippen LogP contribution in [0.4, 0.5) is 0 Å². The van der Waals surface area contributed by atoms with Crippen molar-refractivity contribution in [2.45, 2.75) is 19.9 Å². The highest BCUT2D eigenvalue weighted by Gasteiger charge is 1.90.